The van der Waals surface area contributed by atoms with Crippen molar-refractivity contribution in [1.82, 2.24) is 0 Å². The summed E-state index contributed by atoms with van der Waals surface area (Å²) in [7, 11) is 0. The van der Waals surface area contributed by atoms with E-state index in [0.29, 0.717) is 22.6 Å². The number of rotatable bonds is 6. The molecule has 174 valence electrons. The first kappa shape index (κ1) is 23.8. The number of hydrogen-bond acceptors (Lipinski definition) is 6. The first-order valence-electron chi connectivity index (χ1n) is 9.70. The molecular weight excluding hydrogens is 445 g/mol. The molecule has 1 aromatic heterocycles. The van der Waals surface area contributed by atoms with Crippen LogP contribution in [0.3, 0.4) is 0 Å². The molecule has 8 nitrogen and oxygen atoms in total. The summed E-state index contributed by atoms with van der Waals surface area (Å²) >= 11 is 0. The molecular formula is C22H19F3N2O6. The Kier molecular flexibility index (Phi) is 6.43. The van der Waals surface area contributed by atoms with E-state index in [1.165, 1.54) is 13.2 Å². The van der Waals surface area contributed by atoms with Crippen LogP contribution in [-0.2, 0) is 26.9 Å². The molecule has 1 unspecified atom stereocenters. The normalized spacial score (nSPS) is 12.4. The summed E-state index contributed by atoms with van der Waals surface area (Å²) < 4.78 is 50.3. The fraction of sp³-hybridized carbons (Fsp3) is 0.273. The van der Waals surface area contributed by atoms with E-state index in [1.807, 2.05) is 31.3 Å². The van der Waals surface area contributed by atoms with Gasteiger partial charge in [-0.15, -0.1) is 0 Å². The van der Waals surface area contributed by atoms with Crippen LogP contribution >= 0.6 is 0 Å². The quantitative estimate of drug-likeness (QED) is 0.309. The van der Waals surface area contributed by atoms with Gasteiger partial charge in [-0.3, -0.25) is 19.7 Å². The lowest BCUT2D eigenvalue weighted by atomic mass is 10.0. The number of carbonyl (C=O) groups is 2. The fourth-order valence-corrected chi connectivity index (χ4v) is 3.14. The van der Waals surface area contributed by atoms with E-state index in [9.17, 15) is 32.9 Å². The third-order valence-electron chi connectivity index (χ3n) is 5.06. The summed E-state index contributed by atoms with van der Waals surface area (Å²) in [5, 5.41) is 13.5. The van der Waals surface area contributed by atoms with Crippen molar-refractivity contribution >= 4 is 34.2 Å². The second-order valence-electron chi connectivity index (χ2n) is 7.48. The van der Waals surface area contributed by atoms with E-state index in [2.05, 4.69) is 0 Å². The molecule has 1 heterocycles. The highest BCUT2D eigenvalue weighted by Crippen LogP contribution is 2.37. The van der Waals surface area contributed by atoms with Crippen molar-refractivity contribution in [2.75, 3.05) is 5.32 Å². The molecule has 33 heavy (non-hydrogen) atoms. The van der Waals surface area contributed by atoms with Crippen molar-refractivity contribution in [2.45, 2.75) is 39.5 Å². The summed E-state index contributed by atoms with van der Waals surface area (Å²) in [6, 6.07) is 5.61. The molecule has 11 heteroatoms. The molecule has 1 amide bonds. The third kappa shape index (κ3) is 5.30. The average Bonchev–Trinajstić information content (AvgIpc) is 3.08. The molecule has 0 saturated heterocycles. The van der Waals surface area contributed by atoms with Crippen LogP contribution in [-0.4, -0.2) is 22.9 Å². The number of fused-ring (bicyclic) bond motifs is 1. The number of halogens is 3. The molecule has 3 aromatic rings. The predicted molar refractivity (Wildman–Crippen MR) is 112 cm³/mol. The van der Waals surface area contributed by atoms with Gasteiger partial charge in [0.05, 0.1) is 28.9 Å². The summed E-state index contributed by atoms with van der Waals surface area (Å²) in [5.41, 5.74) is 0.282. The lowest BCUT2D eigenvalue weighted by molar-refractivity contribution is -0.385. The van der Waals surface area contributed by atoms with Gasteiger partial charge in [0.25, 0.3) is 11.6 Å². The number of nitrogens with zero attached hydrogens (tertiary/aromatic N) is 1. The molecule has 3 rings (SSSR count). The highest BCUT2D eigenvalue weighted by Gasteiger charge is 2.36. The smallest absolute Gasteiger partial charge is 0.418 e. The summed E-state index contributed by atoms with van der Waals surface area (Å²) in [4.78, 5) is 34.5. The summed E-state index contributed by atoms with van der Waals surface area (Å²) in [6.45, 7) is 5.03. The van der Waals surface area contributed by atoms with Gasteiger partial charge in [-0.05, 0) is 50.1 Å². The number of non-ortho nitro benzene ring substituents is 1. The highest BCUT2D eigenvalue weighted by molar-refractivity contribution is 5.96. The van der Waals surface area contributed by atoms with Gasteiger partial charge in [-0.2, -0.15) is 13.2 Å². The SMILES string of the molecule is Cc1cc2occ(CC(=O)OC(C)C(=O)Nc3ccc([N+](=O)[O-])cc3C(F)(F)F)c2cc1C. The van der Waals surface area contributed by atoms with Crippen LogP contribution in [0, 0.1) is 24.0 Å². The number of aryl methyl sites for hydroxylation is 2. The highest BCUT2D eigenvalue weighted by atomic mass is 19.4. The van der Waals surface area contributed by atoms with Crippen molar-refractivity contribution in [3.05, 3.63) is 69.0 Å². The van der Waals surface area contributed by atoms with Crippen molar-refractivity contribution in [2.24, 2.45) is 0 Å². The van der Waals surface area contributed by atoms with Crippen molar-refractivity contribution < 1.29 is 36.8 Å². The Balaban J connectivity index is 1.71. The van der Waals surface area contributed by atoms with Crippen LogP contribution in [0.5, 0.6) is 0 Å². The van der Waals surface area contributed by atoms with Gasteiger partial charge in [0.15, 0.2) is 6.10 Å². The van der Waals surface area contributed by atoms with Crippen LogP contribution in [0.1, 0.15) is 29.2 Å². The number of nitrogens with one attached hydrogen (secondary N) is 1. The molecule has 0 spiro atoms. The lowest BCUT2D eigenvalue weighted by Crippen LogP contribution is -2.31. The number of ether oxygens (including phenoxy) is 1. The number of hydrogen-bond donors (Lipinski definition) is 1. The largest absolute Gasteiger partial charge is 0.464 e. The number of nitro benzene ring substituents is 1. The average molecular weight is 464 g/mol. The number of alkyl halides is 3. The van der Waals surface area contributed by atoms with Crippen molar-refractivity contribution in [1.29, 1.82) is 0 Å². The molecule has 0 bridgehead atoms. The molecule has 0 aliphatic carbocycles. The maximum absolute atomic E-state index is 13.3. The van der Waals surface area contributed by atoms with Gasteiger partial charge in [-0.25, -0.2) is 0 Å². The van der Waals surface area contributed by atoms with Gasteiger partial charge in [0.2, 0.25) is 0 Å². The molecule has 0 fully saturated rings. The number of furan rings is 1. The van der Waals surface area contributed by atoms with Gasteiger partial charge < -0.3 is 14.5 Å². The number of nitro groups is 1. The summed E-state index contributed by atoms with van der Waals surface area (Å²) in [6.07, 6.45) is -5.18. The number of carbonyl (C=O) groups excluding carboxylic acids is 2. The van der Waals surface area contributed by atoms with E-state index >= 15 is 0 Å². The number of amides is 1. The van der Waals surface area contributed by atoms with Crippen molar-refractivity contribution in [3.63, 3.8) is 0 Å². The van der Waals surface area contributed by atoms with Gasteiger partial charge >= 0.3 is 12.1 Å². The lowest BCUT2D eigenvalue weighted by Gasteiger charge is -2.16. The second kappa shape index (κ2) is 8.93. The molecule has 1 N–H and O–H groups in total. The predicted octanol–water partition coefficient (Wildman–Crippen LogP) is 5.09. The van der Waals surface area contributed by atoms with E-state index in [0.717, 1.165) is 23.3 Å². The Morgan fingerprint density at radius 3 is 2.48 bits per heavy atom. The zero-order valence-electron chi connectivity index (χ0n) is 17.8. The van der Waals surface area contributed by atoms with Crippen LogP contribution in [0.2, 0.25) is 0 Å². The minimum absolute atomic E-state index is 0.210. The van der Waals surface area contributed by atoms with Crippen LogP contribution in [0.25, 0.3) is 11.0 Å². The van der Waals surface area contributed by atoms with Crippen LogP contribution in [0.15, 0.2) is 41.0 Å². The van der Waals surface area contributed by atoms with Crippen LogP contribution in [0.4, 0.5) is 24.5 Å². The van der Waals surface area contributed by atoms with Crippen molar-refractivity contribution in [3.8, 4) is 0 Å². The van der Waals surface area contributed by atoms with Crippen LogP contribution < -0.4 is 5.32 Å². The Morgan fingerprint density at radius 1 is 1.18 bits per heavy atom. The molecule has 0 saturated carbocycles. The van der Waals surface area contributed by atoms with E-state index in [-0.39, 0.29) is 6.42 Å². The number of anilines is 1. The molecule has 0 aliphatic heterocycles. The second-order valence-corrected chi connectivity index (χ2v) is 7.48. The van der Waals surface area contributed by atoms with Gasteiger partial charge in [0, 0.05) is 23.1 Å². The van der Waals surface area contributed by atoms with Gasteiger partial charge in [-0.1, -0.05) is 0 Å². The van der Waals surface area contributed by atoms with Gasteiger partial charge in [0.1, 0.15) is 5.58 Å². The standard InChI is InChI=1S/C22H19F3N2O6/c1-11-6-16-14(10-32-19(16)7-12(11)2)8-20(28)33-13(3)21(29)26-18-5-4-15(27(30)31)9-17(18)22(23,24)25/h4-7,9-10,13H,8H2,1-3H3,(H,26,29). The minimum atomic E-state index is -4.95. The fourth-order valence-electron chi connectivity index (χ4n) is 3.14. The van der Waals surface area contributed by atoms with E-state index in [1.54, 1.807) is 0 Å². The molecule has 1 atom stereocenters. The Morgan fingerprint density at radius 2 is 1.85 bits per heavy atom. The maximum atomic E-state index is 13.3. The zero-order chi connectivity index (χ0) is 24.5. The Bertz CT molecular complexity index is 1250. The monoisotopic (exact) mass is 464 g/mol. The maximum Gasteiger partial charge on any atom is 0.418 e. The Hall–Kier alpha value is -3.89. The van der Waals surface area contributed by atoms with E-state index < -0.39 is 46.0 Å². The zero-order valence-corrected chi connectivity index (χ0v) is 17.8. The molecule has 0 aliphatic rings. The Labute approximate surface area is 185 Å². The first-order valence-corrected chi connectivity index (χ1v) is 9.70. The first-order chi connectivity index (χ1) is 15.4. The molecule has 0 radical (unpaired) electrons. The third-order valence-corrected chi connectivity index (χ3v) is 5.06. The minimum Gasteiger partial charge on any atom is -0.464 e. The summed E-state index contributed by atoms with van der Waals surface area (Å²) in [5.74, 6) is -1.80. The molecule has 2 aromatic carbocycles. The van der Waals surface area contributed by atoms with E-state index in [4.69, 9.17) is 9.15 Å². The number of esters is 1. The topological polar surface area (TPSA) is 112 Å². The number of benzene rings is 2.